The third kappa shape index (κ3) is 2.45. The number of hydrogen-bond acceptors (Lipinski definition) is 3. The first-order valence-corrected chi connectivity index (χ1v) is 5.11. The zero-order chi connectivity index (χ0) is 9.97. The van der Waals surface area contributed by atoms with Gasteiger partial charge in [-0.15, -0.1) is 0 Å². The molecule has 0 bridgehead atoms. The summed E-state index contributed by atoms with van der Waals surface area (Å²) in [6.45, 7) is 0.966. The molecule has 0 unspecified atom stereocenters. The van der Waals surface area contributed by atoms with E-state index in [4.69, 9.17) is 0 Å². The minimum absolute atomic E-state index is 0.769. The maximum absolute atomic E-state index is 4.28. The predicted molar refractivity (Wildman–Crippen MR) is 58.4 cm³/mol. The van der Waals surface area contributed by atoms with Crippen LogP contribution in [0.4, 0.5) is 5.82 Å². The third-order valence-electron chi connectivity index (χ3n) is 2.44. The van der Waals surface area contributed by atoms with Gasteiger partial charge in [0.05, 0.1) is 0 Å². The van der Waals surface area contributed by atoms with Crippen LogP contribution in [0.1, 0.15) is 18.4 Å². The van der Waals surface area contributed by atoms with E-state index >= 15 is 0 Å². The molecular weight excluding hydrogens is 174 g/mol. The summed E-state index contributed by atoms with van der Waals surface area (Å²) < 4.78 is 0. The fourth-order valence-corrected chi connectivity index (χ4v) is 1.36. The Labute approximate surface area is 85.1 Å². The second kappa shape index (κ2) is 3.96. The number of nitrogens with zero attached hydrogens (tertiary/aromatic N) is 2. The van der Waals surface area contributed by atoms with Crippen molar-refractivity contribution in [1.82, 2.24) is 10.3 Å². The largest absolute Gasteiger partial charge is 0.363 e. The second-order valence-electron chi connectivity index (χ2n) is 4.07. The van der Waals surface area contributed by atoms with Crippen molar-refractivity contribution in [2.45, 2.75) is 25.4 Å². The van der Waals surface area contributed by atoms with Gasteiger partial charge in [-0.05, 0) is 30.5 Å². The van der Waals surface area contributed by atoms with Crippen LogP contribution >= 0.6 is 0 Å². The minimum atomic E-state index is 0.769. The molecule has 2 rings (SSSR count). The highest BCUT2D eigenvalue weighted by molar-refractivity contribution is 5.38. The number of aromatic nitrogens is 1. The molecule has 1 heterocycles. The smallest absolute Gasteiger partial charge is 0.128 e. The van der Waals surface area contributed by atoms with Gasteiger partial charge in [-0.25, -0.2) is 4.98 Å². The molecule has 1 aliphatic carbocycles. The molecule has 0 aromatic carbocycles. The van der Waals surface area contributed by atoms with Crippen LogP contribution in [0, 0.1) is 0 Å². The summed E-state index contributed by atoms with van der Waals surface area (Å²) >= 11 is 0. The molecule has 1 aromatic heterocycles. The van der Waals surface area contributed by atoms with E-state index in [1.54, 1.807) is 0 Å². The first-order valence-electron chi connectivity index (χ1n) is 5.11. The number of anilines is 1. The number of hydrogen-bond donors (Lipinski definition) is 1. The Balaban J connectivity index is 1.97. The van der Waals surface area contributed by atoms with Crippen molar-refractivity contribution in [2.24, 2.45) is 0 Å². The zero-order valence-corrected chi connectivity index (χ0v) is 8.83. The topological polar surface area (TPSA) is 28.2 Å². The summed E-state index contributed by atoms with van der Waals surface area (Å²) in [6, 6.07) is 4.98. The van der Waals surface area contributed by atoms with E-state index in [0.29, 0.717) is 0 Å². The lowest BCUT2D eigenvalue weighted by molar-refractivity contribution is 0.687. The Morgan fingerprint density at radius 1 is 1.50 bits per heavy atom. The average Bonchev–Trinajstić information content (AvgIpc) is 2.99. The van der Waals surface area contributed by atoms with Gasteiger partial charge in [-0.2, -0.15) is 0 Å². The van der Waals surface area contributed by atoms with Crippen molar-refractivity contribution in [3.05, 3.63) is 23.9 Å². The lowest BCUT2D eigenvalue weighted by atomic mass is 10.2. The quantitative estimate of drug-likeness (QED) is 0.779. The molecule has 76 valence electrons. The molecule has 0 aliphatic heterocycles. The Hall–Kier alpha value is -1.09. The number of pyridine rings is 1. The van der Waals surface area contributed by atoms with E-state index in [1.165, 1.54) is 18.4 Å². The van der Waals surface area contributed by atoms with Crippen molar-refractivity contribution in [1.29, 1.82) is 0 Å². The lowest BCUT2D eigenvalue weighted by Gasteiger charge is -2.12. The standard InChI is InChI=1S/C11H17N3/c1-14(2)11-7-9(5-6-12-11)8-13-10-3-4-10/h5-7,10,13H,3-4,8H2,1-2H3. The Kier molecular flexibility index (Phi) is 2.68. The van der Waals surface area contributed by atoms with Crippen LogP contribution in [0.3, 0.4) is 0 Å². The summed E-state index contributed by atoms with van der Waals surface area (Å²) in [5.74, 6) is 1.03. The molecule has 1 fully saturated rings. The molecule has 3 heteroatoms. The fraction of sp³-hybridized carbons (Fsp3) is 0.545. The van der Waals surface area contributed by atoms with Gasteiger partial charge >= 0.3 is 0 Å². The van der Waals surface area contributed by atoms with Crippen LogP contribution < -0.4 is 10.2 Å². The third-order valence-corrected chi connectivity index (χ3v) is 2.44. The molecule has 0 atom stereocenters. The van der Waals surface area contributed by atoms with Gasteiger partial charge in [0.15, 0.2) is 0 Å². The fourth-order valence-electron chi connectivity index (χ4n) is 1.36. The van der Waals surface area contributed by atoms with Crippen LogP contribution in [0.15, 0.2) is 18.3 Å². The van der Waals surface area contributed by atoms with Gasteiger partial charge < -0.3 is 10.2 Å². The normalized spacial score (nSPS) is 15.6. The van der Waals surface area contributed by atoms with E-state index in [-0.39, 0.29) is 0 Å². The molecule has 1 aromatic rings. The molecule has 1 N–H and O–H groups in total. The number of rotatable bonds is 4. The van der Waals surface area contributed by atoms with Crippen molar-refractivity contribution in [2.75, 3.05) is 19.0 Å². The predicted octanol–water partition coefficient (Wildman–Crippen LogP) is 1.40. The van der Waals surface area contributed by atoms with E-state index in [1.807, 2.05) is 25.2 Å². The van der Waals surface area contributed by atoms with Gasteiger partial charge in [-0.1, -0.05) is 0 Å². The zero-order valence-electron chi connectivity index (χ0n) is 8.83. The maximum atomic E-state index is 4.28. The van der Waals surface area contributed by atoms with Crippen LogP contribution in [-0.4, -0.2) is 25.1 Å². The highest BCUT2D eigenvalue weighted by Gasteiger charge is 2.19. The average molecular weight is 191 g/mol. The van der Waals surface area contributed by atoms with Crippen LogP contribution in [0.5, 0.6) is 0 Å². The SMILES string of the molecule is CN(C)c1cc(CNC2CC2)ccn1. The molecule has 0 saturated heterocycles. The monoisotopic (exact) mass is 191 g/mol. The van der Waals surface area contributed by atoms with Crippen LogP contribution in [0.25, 0.3) is 0 Å². The van der Waals surface area contributed by atoms with Crippen molar-refractivity contribution < 1.29 is 0 Å². The molecule has 14 heavy (non-hydrogen) atoms. The van der Waals surface area contributed by atoms with E-state index in [2.05, 4.69) is 22.4 Å². The van der Waals surface area contributed by atoms with Crippen LogP contribution in [0.2, 0.25) is 0 Å². The molecular formula is C11H17N3. The summed E-state index contributed by atoms with van der Waals surface area (Å²) in [5, 5.41) is 3.49. The van der Waals surface area contributed by atoms with Gasteiger partial charge in [0, 0.05) is 32.9 Å². The van der Waals surface area contributed by atoms with Crippen molar-refractivity contribution in [3.63, 3.8) is 0 Å². The Morgan fingerprint density at radius 3 is 2.93 bits per heavy atom. The van der Waals surface area contributed by atoms with Crippen molar-refractivity contribution >= 4 is 5.82 Å². The molecule has 0 amide bonds. The highest BCUT2D eigenvalue weighted by Crippen LogP contribution is 2.19. The van der Waals surface area contributed by atoms with Gasteiger partial charge in [0.1, 0.15) is 5.82 Å². The lowest BCUT2D eigenvalue weighted by Crippen LogP contribution is -2.16. The van der Waals surface area contributed by atoms with Crippen LogP contribution in [-0.2, 0) is 6.54 Å². The van der Waals surface area contributed by atoms with E-state index in [0.717, 1.165) is 18.4 Å². The van der Waals surface area contributed by atoms with E-state index < -0.39 is 0 Å². The summed E-state index contributed by atoms with van der Waals surface area (Å²) in [6.07, 6.45) is 4.55. The van der Waals surface area contributed by atoms with Gasteiger partial charge in [-0.3, -0.25) is 0 Å². The minimum Gasteiger partial charge on any atom is -0.363 e. The van der Waals surface area contributed by atoms with Gasteiger partial charge in [0.25, 0.3) is 0 Å². The molecule has 0 radical (unpaired) electrons. The maximum Gasteiger partial charge on any atom is 0.128 e. The summed E-state index contributed by atoms with van der Waals surface area (Å²) in [5.41, 5.74) is 1.32. The molecule has 0 spiro atoms. The molecule has 1 saturated carbocycles. The highest BCUT2D eigenvalue weighted by atomic mass is 15.1. The Bertz CT molecular complexity index is 305. The first-order chi connectivity index (χ1) is 6.75. The first kappa shape index (κ1) is 9.46. The molecule has 3 nitrogen and oxygen atoms in total. The molecule has 1 aliphatic rings. The Morgan fingerprint density at radius 2 is 2.29 bits per heavy atom. The second-order valence-corrected chi connectivity index (χ2v) is 4.07. The van der Waals surface area contributed by atoms with Gasteiger partial charge in [0.2, 0.25) is 0 Å². The summed E-state index contributed by atoms with van der Waals surface area (Å²) in [4.78, 5) is 6.31. The number of nitrogens with one attached hydrogen (secondary N) is 1. The van der Waals surface area contributed by atoms with Crippen molar-refractivity contribution in [3.8, 4) is 0 Å². The summed E-state index contributed by atoms with van der Waals surface area (Å²) in [7, 11) is 4.03. The van der Waals surface area contributed by atoms with E-state index in [9.17, 15) is 0 Å².